The normalized spacial score (nSPS) is 18.0. The van der Waals surface area contributed by atoms with Crippen LogP contribution in [0.5, 0.6) is 5.75 Å². The van der Waals surface area contributed by atoms with E-state index < -0.39 is 0 Å². The summed E-state index contributed by atoms with van der Waals surface area (Å²) < 4.78 is 11.3. The predicted octanol–water partition coefficient (Wildman–Crippen LogP) is 3.88. The highest BCUT2D eigenvalue weighted by molar-refractivity contribution is 5.99. The first-order valence-electron chi connectivity index (χ1n) is 9.20. The van der Waals surface area contributed by atoms with Gasteiger partial charge in [-0.15, -0.1) is 0 Å². The molecule has 2 aromatic carbocycles. The van der Waals surface area contributed by atoms with Gasteiger partial charge in [0, 0.05) is 30.6 Å². The van der Waals surface area contributed by atoms with Gasteiger partial charge >= 0.3 is 0 Å². The minimum absolute atomic E-state index is 0.0135. The number of hydrogen-bond acceptors (Lipinski definition) is 4. The van der Waals surface area contributed by atoms with Crippen LogP contribution in [0.4, 0.5) is 0 Å². The molecule has 1 fully saturated rings. The number of aryl methyl sites for hydroxylation is 1. The molecule has 5 nitrogen and oxygen atoms in total. The number of piperazine rings is 1. The summed E-state index contributed by atoms with van der Waals surface area (Å²) in [6.07, 6.45) is 0. The summed E-state index contributed by atoms with van der Waals surface area (Å²) in [7, 11) is 3.73. The molecule has 5 heteroatoms. The minimum atomic E-state index is -0.0513. The Kier molecular flexibility index (Phi) is 4.62. The summed E-state index contributed by atoms with van der Waals surface area (Å²) in [6, 6.07) is 15.8. The van der Waals surface area contributed by atoms with E-state index in [-0.39, 0.29) is 11.9 Å². The lowest BCUT2D eigenvalue weighted by atomic mass is 10.0. The summed E-state index contributed by atoms with van der Waals surface area (Å²) in [4.78, 5) is 17.6. The van der Waals surface area contributed by atoms with Gasteiger partial charge in [-0.3, -0.25) is 4.79 Å². The van der Waals surface area contributed by atoms with Crippen molar-refractivity contribution in [2.24, 2.45) is 0 Å². The van der Waals surface area contributed by atoms with E-state index >= 15 is 0 Å². The van der Waals surface area contributed by atoms with Gasteiger partial charge in [-0.2, -0.15) is 0 Å². The van der Waals surface area contributed by atoms with Crippen molar-refractivity contribution in [3.63, 3.8) is 0 Å². The van der Waals surface area contributed by atoms with Crippen LogP contribution in [-0.4, -0.2) is 49.5 Å². The van der Waals surface area contributed by atoms with Crippen molar-refractivity contribution >= 4 is 16.9 Å². The van der Waals surface area contributed by atoms with E-state index in [0.29, 0.717) is 17.9 Å². The average molecular weight is 364 g/mol. The van der Waals surface area contributed by atoms with Crippen LogP contribution in [0.3, 0.4) is 0 Å². The van der Waals surface area contributed by atoms with Crippen LogP contribution in [0, 0.1) is 6.92 Å². The largest absolute Gasteiger partial charge is 0.497 e. The standard InChI is InChI=1S/C22H24N2O3/c1-15-18-13-17(26-3)9-10-20(18)27-21(15)22(25)24-12-11-23(2)14-19(24)16-7-5-4-6-8-16/h4-10,13,19H,11-12,14H2,1-3H3. The van der Waals surface area contributed by atoms with Crippen LogP contribution < -0.4 is 4.74 Å². The highest BCUT2D eigenvalue weighted by atomic mass is 16.5. The third-order valence-electron chi connectivity index (χ3n) is 5.37. The summed E-state index contributed by atoms with van der Waals surface area (Å²) >= 11 is 0. The number of furan rings is 1. The first kappa shape index (κ1) is 17.6. The minimum Gasteiger partial charge on any atom is -0.497 e. The maximum atomic E-state index is 13.4. The predicted molar refractivity (Wildman–Crippen MR) is 105 cm³/mol. The molecule has 0 N–H and O–H groups in total. The first-order valence-corrected chi connectivity index (χ1v) is 9.20. The third-order valence-corrected chi connectivity index (χ3v) is 5.37. The zero-order valence-electron chi connectivity index (χ0n) is 15.9. The molecule has 1 amide bonds. The monoisotopic (exact) mass is 364 g/mol. The molecular weight excluding hydrogens is 340 g/mol. The molecule has 1 aliphatic heterocycles. The number of ether oxygens (including phenoxy) is 1. The van der Waals surface area contributed by atoms with Crippen molar-refractivity contribution < 1.29 is 13.9 Å². The van der Waals surface area contributed by atoms with Crippen LogP contribution >= 0.6 is 0 Å². The highest BCUT2D eigenvalue weighted by Gasteiger charge is 2.33. The molecular formula is C22H24N2O3. The summed E-state index contributed by atoms with van der Waals surface area (Å²) in [5.74, 6) is 1.13. The fourth-order valence-electron chi connectivity index (χ4n) is 3.78. The molecule has 0 radical (unpaired) electrons. The number of carbonyl (C=O) groups excluding carboxylic acids is 1. The molecule has 4 rings (SSSR count). The molecule has 2 heterocycles. The van der Waals surface area contributed by atoms with Crippen molar-refractivity contribution in [1.29, 1.82) is 0 Å². The zero-order chi connectivity index (χ0) is 19.0. The fourth-order valence-corrected chi connectivity index (χ4v) is 3.78. The van der Waals surface area contributed by atoms with Crippen molar-refractivity contribution in [1.82, 2.24) is 9.80 Å². The molecule has 1 atom stereocenters. The van der Waals surface area contributed by atoms with E-state index in [1.54, 1.807) is 7.11 Å². The van der Waals surface area contributed by atoms with Crippen LogP contribution in [0.25, 0.3) is 11.0 Å². The van der Waals surface area contributed by atoms with Gasteiger partial charge in [0.1, 0.15) is 11.3 Å². The van der Waals surface area contributed by atoms with Crippen LogP contribution in [-0.2, 0) is 0 Å². The molecule has 1 saturated heterocycles. The topological polar surface area (TPSA) is 45.9 Å². The molecule has 0 aliphatic carbocycles. The summed E-state index contributed by atoms with van der Waals surface area (Å²) in [6.45, 7) is 4.27. The van der Waals surface area contributed by atoms with Crippen molar-refractivity contribution in [2.75, 3.05) is 33.8 Å². The molecule has 140 valence electrons. The third kappa shape index (κ3) is 3.19. The van der Waals surface area contributed by atoms with Gasteiger partial charge in [0.25, 0.3) is 5.91 Å². The number of benzene rings is 2. The molecule has 0 spiro atoms. The SMILES string of the molecule is COc1ccc2oc(C(=O)N3CCN(C)CC3c3ccccc3)c(C)c2c1. The molecule has 0 bridgehead atoms. The smallest absolute Gasteiger partial charge is 0.290 e. The van der Waals surface area contributed by atoms with E-state index in [2.05, 4.69) is 24.1 Å². The van der Waals surface area contributed by atoms with Gasteiger partial charge in [-0.05, 0) is 37.7 Å². The van der Waals surface area contributed by atoms with Crippen LogP contribution in [0.1, 0.15) is 27.7 Å². The molecule has 27 heavy (non-hydrogen) atoms. The quantitative estimate of drug-likeness (QED) is 0.708. The molecule has 1 aliphatic rings. The van der Waals surface area contributed by atoms with Gasteiger partial charge in [0.15, 0.2) is 5.76 Å². The number of likely N-dealkylation sites (N-methyl/N-ethyl adjacent to an activating group) is 1. The van der Waals surface area contributed by atoms with E-state index in [4.69, 9.17) is 9.15 Å². The second-order valence-electron chi connectivity index (χ2n) is 7.11. The summed E-state index contributed by atoms with van der Waals surface area (Å²) in [5.41, 5.74) is 2.72. The number of amides is 1. The maximum absolute atomic E-state index is 13.4. The van der Waals surface area contributed by atoms with Gasteiger partial charge < -0.3 is 19.0 Å². The first-order chi connectivity index (χ1) is 13.1. The number of hydrogen-bond donors (Lipinski definition) is 0. The second-order valence-corrected chi connectivity index (χ2v) is 7.11. The molecule has 3 aromatic rings. The second kappa shape index (κ2) is 7.08. The van der Waals surface area contributed by atoms with Crippen molar-refractivity contribution in [3.05, 3.63) is 65.4 Å². The lowest BCUT2D eigenvalue weighted by molar-refractivity contribution is 0.0469. The molecule has 1 unspecified atom stereocenters. The average Bonchev–Trinajstić information content (AvgIpc) is 3.04. The number of carbonyl (C=O) groups is 1. The highest BCUT2D eigenvalue weighted by Crippen LogP contribution is 2.32. The van der Waals surface area contributed by atoms with Gasteiger partial charge in [-0.1, -0.05) is 30.3 Å². The van der Waals surface area contributed by atoms with E-state index in [9.17, 15) is 4.79 Å². The Balaban J connectivity index is 1.72. The lowest BCUT2D eigenvalue weighted by Crippen LogP contribution is -2.49. The van der Waals surface area contributed by atoms with Gasteiger partial charge in [0.2, 0.25) is 0 Å². The Bertz CT molecular complexity index is 964. The molecule has 1 aromatic heterocycles. The maximum Gasteiger partial charge on any atom is 0.290 e. The van der Waals surface area contributed by atoms with E-state index in [0.717, 1.165) is 35.4 Å². The summed E-state index contributed by atoms with van der Waals surface area (Å²) in [5, 5.41) is 0.920. The fraction of sp³-hybridized carbons (Fsp3) is 0.318. The van der Waals surface area contributed by atoms with Crippen LogP contribution in [0.2, 0.25) is 0 Å². The number of fused-ring (bicyclic) bond motifs is 1. The van der Waals surface area contributed by atoms with Crippen molar-refractivity contribution in [3.8, 4) is 5.75 Å². The Hall–Kier alpha value is -2.79. The Morgan fingerprint density at radius 1 is 1.15 bits per heavy atom. The molecule has 0 saturated carbocycles. The van der Waals surface area contributed by atoms with E-state index in [1.807, 2.05) is 48.2 Å². The Morgan fingerprint density at radius 3 is 2.67 bits per heavy atom. The number of rotatable bonds is 3. The Labute approximate surface area is 159 Å². The van der Waals surface area contributed by atoms with E-state index in [1.165, 1.54) is 0 Å². The van der Waals surface area contributed by atoms with Gasteiger partial charge in [-0.25, -0.2) is 0 Å². The Morgan fingerprint density at radius 2 is 1.93 bits per heavy atom. The number of methoxy groups -OCH3 is 1. The number of nitrogens with zero attached hydrogens (tertiary/aromatic N) is 2. The van der Waals surface area contributed by atoms with Crippen molar-refractivity contribution in [2.45, 2.75) is 13.0 Å². The van der Waals surface area contributed by atoms with Gasteiger partial charge in [0.05, 0.1) is 13.2 Å². The zero-order valence-corrected chi connectivity index (χ0v) is 15.9. The van der Waals surface area contributed by atoms with Crippen LogP contribution in [0.15, 0.2) is 52.9 Å². The lowest BCUT2D eigenvalue weighted by Gasteiger charge is -2.40.